The summed E-state index contributed by atoms with van der Waals surface area (Å²) >= 11 is 8.92. The van der Waals surface area contributed by atoms with Gasteiger partial charge in [0, 0.05) is 17.5 Å². The Kier molecular flexibility index (Phi) is 9.54. The topological polar surface area (TPSA) is 102 Å². The van der Waals surface area contributed by atoms with Gasteiger partial charge in [0.2, 0.25) is 5.91 Å². The van der Waals surface area contributed by atoms with Crippen LogP contribution < -0.4 is 10.6 Å². The van der Waals surface area contributed by atoms with Gasteiger partial charge in [0.15, 0.2) is 16.1 Å². The third-order valence-electron chi connectivity index (χ3n) is 5.66. The van der Waals surface area contributed by atoms with Crippen LogP contribution in [0.3, 0.4) is 0 Å². The van der Waals surface area contributed by atoms with Crippen molar-refractivity contribution in [3.05, 3.63) is 76.4 Å². The molecule has 0 fully saturated rings. The minimum atomic E-state index is -0.360. The molecule has 0 aliphatic carbocycles. The molecule has 2 aromatic carbocycles. The summed E-state index contributed by atoms with van der Waals surface area (Å²) < 4.78 is 1.94. The molecule has 38 heavy (non-hydrogen) atoms. The molecular weight excluding hydrogens is 540 g/mol. The Bertz CT molecular complexity index is 1390. The standard InChI is InChI=1S/C27H29ClN6O2S2/c1-4-34-24(21(14-17(2)3)29-25(36)19-12-8-9-13-20(19)28)32-33-27(34)38-16-23(35)31-26-30-22(15-37-26)18-10-6-5-7-11-18/h5-13,15,17,21H,4,14,16H2,1-3H3,(H,29,36)(H,30,31,35)/t21-/m0/s1. The molecule has 0 unspecified atom stereocenters. The maximum Gasteiger partial charge on any atom is 0.253 e. The number of thiazole rings is 1. The van der Waals surface area contributed by atoms with Gasteiger partial charge in [-0.3, -0.25) is 9.59 Å². The van der Waals surface area contributed by atoms with Crippen molar-refractivity contribution in [2.45, 2.75) is 44.9 Å². The minimum Gasteiger partial charge on any atom is -0.342 e. The van der Waals surface area contributed by atoms with E-state index in [1.165, 1.54) is 23.1 Å². The van der Waals surface area contributed by atoms with Crippen LogP contribution in [0.4, 0.5) is 5.13 Å². The monoisotopic (exact) mass is 568 g/mol. The summed E-state index contributed by atoms with van der Waals surface area (Å²) in [6.45, 7) is 6.75. The number of aromatic nitrogens is 4. The van der Waals surface area contributed by atoms with Crippen LogP contribution >= 0.6 is 34.7 Å². The summed E-state index contributed by atoms with van der Waals surface area (Å²) in [7, 11) is 0. The molecule has 0 aliphatic heterocycles. The zero-order valence-electron chi connectivity index (χ0n) is 21.3. The van der Waals surface area contributed by atoms with Crippen molar-refractivity contribution in [1.29, 1.82) is 0 Å². The van der Waals surface area contributed by atoms with Crippen molar-refractivity contribution >= 4 is 51.6 Å². The van der Waals surface area contributed by atoms with Gasteiger partial charge in [-0.1, -0.05) is 79.7 Å². The van der Waals surface area contributed by atoms with Crippen molar-refractivity contribution in [3.63, 3.8) is 0 Å². The number of carbonyl (C=O) groups excluding carboxylic acids is 2. The Morgan fingerprint density at radius 2 is 1.82 bits per heavy atom. The summed E-state index contributed by atoms with van der Waals surface area (Å²) in [6.07, 6.45) is 0.674. The lowest BCUT2D eigenvalue weighted by Crippen LogP contribution is -2.31. The first-order valence-corrected chi connectivity index (χ1v) is 14.5. The second-order valence-corrected chi connectivity index (χ2v) is 11.2. The number of nitrogens with zero attached hydrogens (tertiary/aromatic N) is 4. The van der Waals surface area contributed by atoms with Crippen molar-refractivity contribution < 1.29 is 9.59 Å². The van der Waals surface area contributed by atoms with Gasteiger partial charge in [0.1, 0.15) is 0 Å². The summed E-state index contributed by atoms with van der Waals surface area (Å²) in [4.78, 5) is 30.2. The molecule has 0 aliphatic rings. The van der Waals surface area contributed by atoms with Crippen molar-refractivity contribution in [2.75, 3.05) is 11.1 Å². The average Bonchev–Trinajstić information content (AvgIpc) is 3.54. The number of carbonyl (C=O) groups is 2. The second kappa shape index (κ2) is 13.0. The fraction of sp³-hybridized carbons (Fsp3) is 0.296. The molecule has 2 N–H and O–H groups in total. The molecule has 0 saturated heterocycles. The number of halogens is 1. The van der Waals surface area contributed by atoms with E-state index < -0.39 is 0 Å². The molecule has 2 heterocycles. The number of benzene rings is 2. The van der Waals surface area contributed by atoms with Crippen molar-refractivity contribution in [2.24, 2.45) is 5.92 Å². The molecule has 2 amide bonds. The zero-order valence-corrected chi connectivity index (χ0v) is 23.7. The van der Waals surface area contributed by atoms with Crippen LogP contribution in [-0.4, -0.2) is 37.3 Å². The van der Waals surface area contributed by atoms with E-state index in [1.807, 2.05) is 47.2 Å². The van der Waals surface area contributed by atoms with Crippen LogP contribution in [0.15, 0.2) is 65.1 Å². The SMILES string of the molecule is CCn1c(SCC(=O)Nc2nc(-c3ccccc3)cs2)nnc1[C@H](CC(C)C)NC(=O)c1ccccc1Cl. The van der Waals surface area contributed by atoms with Gasteiger partial charge in [-0.2, -0.15) is 0 Å². The first kappa shape index (κ1) is 27.8. The maximum absolute atomic E-state index is 13.0. The molecule has 0 bridgehead atoms. The van der Waals surface area contributed by atoms with Gasteiger partial charge in [0.25, 0.3) is 5.91 Å². The molecule has 2 aromatic heterocycles. The van der Waals surface area contributed by atoms with Crippen LogP contribution in [0.1, 0.15) is 49.4 Å². The van der Waals surface area contributed by atoms with Gasteiger partial charge in [0.05, 0.1) is 28.1 Å². The quantitative estimate of drug-likeness (QED) is 0.205. The van der Waals surface area contributed by atoms with E-state index in [0.29, 0.717) is 45.6 Å². The smallest absolute Gasteiger partial charge is 0.253 e. The number of hydrogen-bond acceptors (Lipinski definition) is 7. The maximum atomic E-state index is 13.0. The van der Waals surface area contributed by atoms with Crippen LogP contribution in [0, 0.1) is 5.92 Å². The molecule has 4 rings (SSSR count). The number of thioether (sulfide) groups is 1. The largest absolute Gasteiger partial charge is 0.342 e. The zero-order chi connectivity index (χ0) is 27.1. The van der Waals surface area contributed by atoms with E-state index in [4.69, 9.17) is 11.6 Å². The van der Waals surface area contributed by atoms with Crippen LogP contribution in [-0.2, 0) is 11.3 Å². The number of nitrogens with one attached hydrogen (secondary N) is 2. The van der Waals surface area contributed by atoms with Crippen LogP contribution in [0.2, 0.25) is 5.02 Å². The predicted octanol–water partition coefficient (Wildman–Crippen LogP) is 6.32. The lowest BCUT2D eigenvalue weighted by atomic mass is 10.0. The molecular formula is C27H29ClN6O2S2. The summed E-state index contributed by atoms with van der Waals surface area (Å²) in [5.41, 5.74) is 2.23. The Hall–Kier alpha value is -3.21. The molecule has 4 aromatic rings. The summed E-state index contributed by atoms with van der Waals surface area (Å²) in [6, 6.07) is 16.4. The van der Waals surface area contributed by atoms with E-state index in [2.05, 4.69) is 39.7 Å². The third-order valence-corrected chi connectivity index (χ3v) is 7.71. The van der Waals surface area contributed by atoms with E-state index >= 15 is 0 Å². The van der Waals surface area contributed by atoms with Gasteiger partial charge >= 0.3 is 0 Å². The molecule has 1 atom stereocenters. The normalized spacial score (nSPS) is 11.9. The molecule has 11 heteroatoms. The highest BCUT2D eigenvalue weighted by atomic mass is 35.5. The third kappa shape index (κ3) is 7.00. The van der Waals surface area contributed by atoms with Crippen molar-refractivity contribution in [1.82, 2.24) is 25.1 Å². The van der Waals surface area contributed by atoms with E-state index in [-0.39, 0.29) is 23.6 Å². The number of anilines is 1. The molecule has 198 valence electrons. The van der Waals surface area contributed by atoms with Gasteiger partial charge < -0.3 is 15.2 Å². The van der Waals surface area contributed by atoms with E-state index in [1.54, 1.807) is 24.3 Å². The van der Waals surface area contributed by atoms with E-state index in [9.17, 15) is 9.59 Å². The van der Waals surface area contributed by atoms with Crippen LogP contribution in [0.25, 0.3) is 11.3 Å². The second-order valence-electron chi connectivity index (χ2n) is 8.96. The van der Waals surface area contributed by atoms with E-state index in [0.717, 1.165) is 11.3 Å². The number of hydrogen-bond donors (Lipinski definition) is 2. The lowest BCUT2D eigenvalue weighted by Gasteiger charge is -2.21. The van der Waals surface area contributed by atoms with Crippen LogP contribution in [0.5, 0.6) is 0 Å². The van der Waals surface area contributed by atoms with Gasteiger partial charge in [-0.05, 0) is 31.4 Å². The first-order valence-electron chi connectivity index (χ1n) is 12.3. The predicted molar refractivity (Wildman–Crippen MR) is 154 cm³/mol. The fourth-order valence-corrected chi connectivity index (χ4v) is 5.67. The average molecular weight is 569 g/mol. The lowest BCUT2D eigenvalue weighted by molar-refractivity contribution is -0.113. The number of amides is 2. The molecule has 0 radical (unpaired) electrons. The summed E-state index contributed by atoms with van der Waals surface area (Å²) in [5, 5.41) is 18.2. The van der Waals surface area contributed by atoms with Gasteiger partial charge in [-0.15, -0.1) is 21.5 Å². The molecule has 0 saturated carbocycles. The first-order chi connectivity index (χ1) is 18.4. The minimum absolute atomic E-state index is 0.152. The Balaban J connectivity index is 1.43. The molecule has 0 spiro atoms. The number of rotatable bonds is 11. The Labute approximate surface area is 235 Å². The highest BCUT2D eigenvalue weighted by Crippen LogP contribution is 2.27. The van der Waals surface area contributed by atoms with Gasteiger partial charge in [-0.25, -0.2) is 4.98 Å². The Morgan fingerprint density at radius 1 is 1.08 bits per heavy atom. The van der Waals surface area contributed by atoms with Crippen molar-refractivity contribution in [3.8, 4) is 11.3 Å². The highest BCUT2D eigenvalue weighted by Gasteiger charge is 2.25. The Morgan fingerprint density at radius 3 is 2.53 bits per heavy atom. The highest BCUT2D eigenvalue weighted by molar-refractivity contribution is 7.99. The summed E-state index contributed by atoms with van der Waals surface area (Å²) in [5.74, 6) is 0.659. The fourth-order valence-electron chi connectivity index (χ4n) is 3.90. The molecule has 8 nitrogen and oxygen atoms in total.